The highest BCUT2D eigenvalue weighted by atomic mass is 16.5. The second-order valence-electron chi connectivity index (χ2n) is 4.82. The fourth-order valence-electron chi connectivity index (χ4n) is 1.66. The van der Waals surface area contributed by atoms with E-state index in [0.29, 0.717) is 11.3 Å². The van der Waals surface area contributed by atoms with Gasteiger partial charge in [0, 0.05) is 11.7 Å². The van der Waals surface area contributed by atoms with Crippen molar-refractivity contribution in [1.82, 2.24) is 5.32 Å². The van der Waals surface area contributed by atoms with Crippen molar-refractivity contribution in [1.29, 1.82) is 0 Å². The van der Waals surface area contributed by atoms with E-state index in [4.69, 9.17) is 10.5 Å². The molecule has 0 aromatic heterocycles. The Bertz CT molecular complexity index is 496. The predicted molar refractivity (Wildman–Crippen MR) is 73.9 cm³/mol. The fraction of sp³-hybridized carbons (Fsp3) is 0.429. The quantitative estimate of drug-likeness (QED) is 0.639. The van der Waals surface area contributed by atoms with Crippen molar-refractivity contribution in [2.75, 3.05) is 12.3 Å². The Labute approximate surface area is 113 Å². The van der Waals surface area contributed by atoms with E-state index in [9.17, 15) is 9.59 Å². The molecular formula is C14H20N2O3. The molecule has 1 amide bonds. The van der Waals surface area contributed by atoms with Crippen LogP contribution in [-0.2, 0) is 9.53 Å². The zero-order chi connectivity index (χ0) is 14.6. The number of anilines is 1. The highest BCUT2D eigenvalue weighted by Gasteiger charge is 2.14. The third kappa shape index (κ3) is 4.28. The molecule has 0 radical (unpaired) electrons. The zero-order valence-electron chi connectivity index (χ0n) is 11.7. The highest BCUT2D eigenvalue weighted by molar-refractivity contribution is 5.93. The second-order valence-corrected chi connectivity index (χ2v) is 4.82. The molecule has 0 spiro atoms. The number of aryl methyl sites for hydroxylation is 2. The van der Waals surface area contributed by atoms with Gasteiger partial charge in [-0.05, 0) is 44.9 Å². The molecule has 5 nitrogen and oxygen atoms in total. The Morgan fingerprint density at radius 3 is 2.47 bits per heavy atom. The third-order valence-electron chi connectivity index (χ3n) is 2.62. The van der Waals surface area contributed by atoms with Gasteiger partial charge in [0.2, 0.25) is 0 Å². The van der Waals surface area contributed by atoms with E-state index in [0.717, 1.165) is 11.1 Å². The van der Waals surface area contributed by atoms with Gasteiger partial charge in [-0.3, -0.25) is 4.79 Å². The molecule has 0 aliphatic heterocycles. The van der Waals surface area contributed by atoms with Gasteiger partial charge in [-0.15, -0.1) is 0 Å². The molecule has 3 N–H and O–H groups in total. The first-order valence-corrected chi connectivity index (χ1v) is 6.14. The maximum atomic E-state index is 11.9. The first-order valence-electron chi connectivity index (χ1n) is 6.14. The number of nitrogen functional groups attached to an aromatic ring is 1. The molecule has 0 fully saturated rings. The van der Waals surface area contributed by atoms with E-state index in [1.807, 2.05) is 26.8 Å². The second kappa shape index (κ2) is 6.22. The average Bonchev–Trinajstić information content (AvgIpc) is 2.30. The van der Waals surface area contributed by atoms with Gasteiger partial charge in [0.1, 0.15) is 0 Å². The van der Waals surface area contributed by atoms with Gasteiger partial charge in [0.15, 0.2) is 6.61 Å². The summed E-state index contributed by atoms with van der Waals surface area (Å²) in [5.74, 6) is -0.857. The number of nitrogens with two attached hydrogens (primary N) is 1. The fourth-order valence-corrected chi connectivity index (χ4v) is 1.66. The number of benzene rings is 1. The first-order chi connectivity index (χ1) is 8.81. The van der Waals surface area contributed by atoms with Crippen LogP contribution in [0.4, 0.5) is 5.69 Å². The van der Waals surface area contributed by atoms with Crippen LogP contribution in [0.1, 0.15) is 35.3 Å². The van der Waals surface area contributed by atoms with Gasteiger partial charge in [0.25, 0.3) is 5.91 Å². The molecule has 0 saturated carbocycles. The summed E-state index contributed by atoms with van der Waals surface area (Å²) >= 11 is 0. The Morgan fingerprint density at radius 1 is 1.26 bits per heavy atom. The van der Waals surface area contributed by atoms with Crippen LogP contribution in [-0.4, -0.2) is 24.5 Å². The molecule has 0 saturated heterocycles. The lowest BCUT2D eigenvalue weighted by Gasteiger charge is -2.11. The van der Waals surface area contributed by atoms with Gasteiger partial charge in [-0.25, -0.2) is 4.79 Å². The van der Waals surface area contributed by atoms with Crippen LogP contribution in [0.25, 0.3) is 0 Å². The first kappa shape index (κ1) is 15.0. The number of nitrogens with one attached hydrogen (secondary N) is 1. The molecule has 0 heterocycles. The summed E-state index contributed by atoms with van der Waals surface area (Å²) in [6.45, 7) is 7.06. The van der Waals surface area contributed by atoms with E-state index in [1.54, 1.807) is 13.0 Å². The molecule has 104 valence electrons. The van der Waals surface area contributed by atoms with E-state index in [1.165, 1.54) is 0 Å². The molecule has 0 aliphatic rings. The van der Waals surface area contributed by atoms with Gasteiger partial charge in [-0.2, -0.15) is 0 Å². The van der Waals surface area contributed by atoms with E-state index in [-0.39, 0.29) is 18.6 Å². The summed E-state index contributed by atoms with van der Waals surface area (Å²) in [6, 6.07) is 3.41. The van der Waals surface area contributed by atoms with E-state index >= 15 is 0 Å². The standard InChI is InChI=1S/C14H20N2O3/c1-8(2)16-13(17)7-19-14(18)11-6-12(15)10(4)5-9(11)3/h5-6,8H,7,15H2,1-4H3,(H,16,17). The Morgan fingerprint density at radius 2 is 1.89 bits per heavy atom. The largest absolute Gasteiger partial charge is 0.452 e. The van der Waals surface area contributed by atoms with Crippen molar-refractivity contribution >= 4 is 17.6 Å². The number of hydrogen-bond acceptors (Lipinski definition) is 4. The number of esters is 1. The summed E-state index contributed by atoms with van der Waals surface area (Å²) in [4.78, 5) is 23.2. The summed E-state index contributed by atoms with van der Waals surface area (Å²) in [6.07, 6.45) is 0. The van der Waals surface area contributed by atoms with Crippen LogP contribution < -0.4 is 11.1 Å². The highest BCUT2D eigenvalue weighted by Crippen LogP contribution is 2.18. The van der Waals surface area contributed by atoms with E-state index < -0.39 is 5.97 Å². The number of hydrogen-bond donors (Lipinski definition) is 2. The minimum absolute atomic E-state index is 0.0166. The number of rotatable bonds is 4. The minimum Gasteiger partial charge on any atom is -0.452 e. The van der Waals surface area contributed by atoms with E-state index in [2.05, 4.69) is 5.32 Å². The maximum Gasteiger partial charge on any atom is 0.338 e. The van der Waals surface area contributed by atoms with Gasteiger partial charge >= 0.3 is 5.97 Å². The molecule has 19 heavy (non-hydrogen) atoms. The summed E-state index contributed by atoms with van der Waals surface area (Å²) < 4.78 is 4.96. The van der Waals surface area contributed by atoms with Crippen molar-refractivity contribution in [2.24, 2.45) is 0 Å². The van der Waals surface area contributed by atoms with Crippen molar-refractivity contribution < 1.29 is 14.3 Å². The topological polar surface area (TPSA) is 81.4 Å². The zero-order valence-corrected chi connectivity index (χ0v) is 11.7. The summed E-state index contributed by atoms with van der Waals surface area (Å²) in [5.41, 5.74) is 8.37. The molecule has 5 heteroatoms. The normalized spacial score (nSPS) is 10.4. The molecule has 0 aliphatic carbocycles. The molecule has 0 atom stereocenters. The van der Waals surface area contributed by atoms with Crippen molar-refractivity contribution in [3.05, 3.63) is 28.8 Å². The summed E-state index contributed by atoms with van der Waals surface area (Å²) in [7, 11) is 0. The van der Waals surface area contributed by atoms with Crippen LogP contribution in [0.2, 0.25) is 0 Å². The van der Waals surface area contributed by atoms with Crippen LogP contribution >= 0.6 is 0 Å². The Kier molecular flexibility index (Phi) is 4.92. The molecule has 0 unspecified atom stereocenters. The minimum atomic E-state index is -0.539. The molecule has 0 bridgehead atoms. The van der Waals surface area contributed by atoms with Gasteiger partial charge in [0.05, 0.1) is 5.56 Å². The SMILES string of the molecule is Cc1cc(C)c(C(=O)OCC(=O)NC(C)C)cc1N. The van der Waals surface area contributed by atoms with Crippen molar-refractivity contribution in [2.45, 2.75) is 33.7 Å². The number of ether oxygens (including phenoxy) is 1. The molecule has 1 aromatic carbocycles. The lowest BCUT2D eigenvalue weighted by molar-refractivity contribution is -0.124. The number of carbonyl (C=O) groups excluding carboxylic acids is 2. The van der Waals surface area contributed by atoms with Crippen LogP contribution in [0, 0.1) is 13.8 Å². The van der Waals surface area contributed by atoms with Gasteiger partial charge in [-0.1, -0.05) is 6.07 Å². The number of carbonyl (C=O) groups is 2. The lowest BCUT2D eigenvalue weighted by atomic mass is 10.0. The van der Waals surface area contributed by atoms with Crippen LogP contribution in [0.15, 0.2) is 12.1 Å². The monoisotopic (exact) mass is 264 g/mol. The smallest absolute Gasteiger partial charge is 0.338 e. The molecule has 1 aromatic rings. The average molecular weight is 264 g/mol. The van der Waals surface area contributed by atoms with Crippen molar-refractivity contribution in [3.63, 3.8) is 0 Å². The molecule has 1 rings (SSSR count). The Balaban J connectivity index is 2.69. The lowest BCUT2D eigenvalue weighted by Crippen LogP contribution is -2.34. The van der Waals surface area contributed by atoms with Crippen LogP contribution in [0.3, 0.4) is 0 Å². The molecular weight excluding hydrogens is 244 g/mol. The summed E-state index contributed by atoms with van der Waals surface area (Å²) in [5, 5.41) is 2.64. The third-order valence-corrected chi connectivity index (χ3v) is 2.62. The number of amides is 1. The van der Waals surface area contributed by atoms with Gasteiger partial charge < -0.3 is 15.8 Å². The van der Waals surface area contributed by atoms with Crippen LogP contribution in [0.5, 0.6) is 0 Å². The Hall–Kier alpha value is -2.04. The van der Waals surface area contributed by atoms with Crippen molar-refractivity contribution in [3.8, 4) is 0 Å². The predicted octanol–water partition coefficient (Wildman–Crippen LogP) is 1.57. The maximum absolute atomic E-state index is 11.9.